The summed E-state index contributed by atoms with van der Waals surface area (Å²) in [4.78, 5) is 2.34. The molecule has 1 aliphatic rings. The molecule has 1 fully saturated rings. The molecule has 0 heterocycles. The molecule has 2 nitrogen and oxygen atoms in total. The van der Waals surface area contributed by atoms with E-state index in [0.29, 0.717) is 6.04 Å². The van der Waals surface area contributed by atoms with E-state index in [1.807, 2.05) is 0 Å². The van der Waals surface area contributed by atoms with Crippen molar-refractivity contribution in [3.8, 4) is 0 Å². The van der Waals surface area contributed by atoms with Gasteiger partial charge in [0.15, 0.2) is 0 Å². The fraction of sp³-hybridized carbons (Fsp3) is 0.444. The topological polar surface area (TPSA) is 29.3 Å². The van der Waals surface area contributed by atoms with E-state index >= 15 is 0 Å². The number of rotatable bonds is 4. The Balaban J connectivity index is 2.05. The van der Waals surface area contributed by atoms with Crippen LogP contribution in [0.3, 0.4) is 0 Å². The van der Waals surface area contributed by atoms with Gasteiger partial charge in [-0.3, -0.25) is 0 Å². The van der Waals surface area contributed by atoms with Crippen LogP contribution in [0.1, 0.15) is 30.9 Å². The summed E-state index contributed by atoms with van der Waals surface area (Å²) in [7, 11) is 4.35. The minimum atomic E-state index is 0.270. The van der Waals surface area contributed by atoms with Crippen LogP contribution in [-0.2, 0) is 0 Å². The van der Waals surface area contributed by atoms with Gasteiger partial charge in [-0.1, -0.05) is 42.8 Å². The highest BCUT2D eigenvalue weighted by Gasteiger charge is 2.44. The lowest BCUT2D eigenvalue weighted by atomic mass is 9.62. The third-order valence-corrected chi connectivity index (χ3v) is 4.94. The third kappa shape index (κ3) is 2.13. The Morgan fingerprint density at radius 1 is 1.10 bits per heavy atom. The summed E-state index contributed by atoms with van der Waals surface area (Å²) in [6.07, 6.45) is 3.81. The van der Waals surface area contributed by atoms with Gasteiger partial charge in [0.25, 0.3) is 0 Å². The molecule has 20 heavy (non-hydrogen) atoms. The first kappa shape index (κ1) is 13.6. The fourth-order valence-electron chi connectivity index (χ4n) is 3.80. The van der Waals surface area contributed by atoms with Gasteiger partial charge in [0.05, 0.1) is 0 Å². The van der Waals surface area contributed by atoms with E-state index in [9.17, 15) is 0 Å². The van der Waals surface area contributed by atoms with Crippen molar-refractivity contribution in [3.05, 3.63) is 48.0 Å². The zero-order chi connectivity index (χ0) is 14.2. The van der Waals surface area contributed by atoms with Crippen LogP contribution in [0.2, 0.25) is 0 Å². The first-order chi connectivity index (χ1) is 9.66. The third-order valence-electron chi connectivity index (χ3n) is 4.94. The smallest absolute Gasteiger partial charge is 0.0410 e. The molecule has 0 amide bonds. The van der Waals surface area contributed by atoms with Gasteiger partial charge < -0.3 is 10.6 Å². The predicted octanol–water partition coefficient (Wildman–Crippen LogP) is 3.57. The molecule has 0 radical (unpaired) electrons. The molecule has 0 spiro atoms. The van der Waals surface area contributed by atoms with Crippen molar-refractivity contribution >= 4 is 10.8 Å². The molecule has 1 atom stereocenters. The summed E-state index contributed by atoms with van der Waals surface area (Å²) in [5.74, 6) is 0. The van der Waals surface area contributed by atoms with Crippen LogP contribution in [0.4, 0.5) is 0 Å². The Morgan fingerprint density at radius 3 is 2.35 bits per heavy atom. The van der Waals surface area contributed by atoms with Crippen molar-refractivity contribution < 1.29 is 0 Å². The highest BCUT2D eigenvalue weighted by Crippen LogP contribution is 2.51. The number of benzene rings is 2. The molecule has 0 aliphatic heterocycles. The monoisotopic (exact) mass is 268 g/mol. The minimum Gasteiger partial charge on any atom is -0.330 e. The molecule has 2 N–H and O–H groups in total. The van der Waals surface area contributed by atoms with Gasteiger partial charge in [-0.05, 0) is 55.9 Å². The van der Waals surface area contributed by atoms with Crippen LogP contribution in [0.25, 0.3) is 10.8 Å². The van der Waals surface area contributed by atoms with E-state index in [2.05, 4.69) is 61.5 Å². The van der Waals surface area contributed by atoms with Gasteiger partial charge in [-0.15, -0.1) is 0 Å². The fourth-order valence-corrected chi connectivity index (χ4v) is 3.80. The lowest BCUT2D eigenvalue weighted by molar-refractivity contribution is 0.0282. The van der Waals surface area contributed by atoms with E-state index in [-0.39, 0.29) is 5.41 Å². The lowest BCUT2D eigenvalue weighted by Gasteiger charge is -2.50. The second-order valence-corrected chi connectivity index (χ2v) is 6.39. The van der Waals surface area contributed by atoms with Gasteiger partial charge >= 0.3 is 0 Å². The summed E-state index contributed by atoms with van der Waals surface area (Å²) in [5, 5.41) is 2.63. The number of nitrogens with two attached hydrogens (primary N) is 1. The Kier molecular flexibility index (Phi) is 3.53. The first-order valence-corrected chi connectivity index (χ1v) is 7.51. The molecule has 0 saturated heterocycles. The van der Waals surface area contributed by atoms with Crippen molar-refractivity contribution in [1.29, 1.82) is 0 Å². The lowest BCUT2D eigenvalue weighted by Crippen LogP contribution is -2.47. The summed E-state index contributed by atoms with van der Waals surface area (Å²) in [6, 6.07) is 15.9. The average Bonchev–Trinajstić information content (AvgIpc) is 2.41. The normalized spacial score (nSPS) is 19.0. The maximum Gasteiger partial charge on any atom is 0.0410 e. The van der Waals surface area contributed by atoms with Gasteiger partial charge in [0.1, 0.15) is 0 Å². The predicted molar refractivity (Wildman–Crippen MR) is 85.7 cm³/mol. The van der Waals surface area contributed by atoms with Crippen molar-refractivity contribution in [1.82, 2.24) is 4.90 Å². The van der Waals surface area contributed by atoms with Crippen molar-refractivity contribution in [2.45, 2.75) is 25.3 Å². The Morgan fingerprint density at radius 2 is 1.80 bits per heavy atom. The maximum absolute atomic E-state index is 6.13. The van der Waals surface area contributed by atoms with Gasteiger partial charge in [-0.25, -0.2) is 0 Å². The highest BCUT2D eigenvalue weighted by atomic mass is 15.1. The van der Waals surface area contributed by atoms with Crippen LogP contribution in [0.5, 0.6) is 0 Å². The molecular formula is C18H24N2. The quantitative estimate of drug-likeness (QED) is 0.918. The van der Waals surface area contributed by atoms with E-state index in [1.54, 1.807) is 0 Å². The van der Waals surface area contributed by atoms with Crippen LogP contribution >= 0.6 is 0 Å². The molecule has 2 aromatic rings. The summed E-state index contributed by atoms with van der Waals surface area (Å²) < 4.78 is 0. The zero-order valence-electron chi connectivity index (χ0n) is 12.5. The molecular weight excluding hydrogens is 244 g/mol. The van der Waals surface area contributed by atoms with Gasteiger partial charge in [-0.2, -0.15) is 0 Å². The SMILES string of the molecule is CN(C)C(c1ccc2ccccc2c1)C1(CN)CCC1. The molecule has 1 unspecified atom stereocenters. The largest absolute Gasteiger partial charge is 0.330 e. The highest BCUT2D eigenvalue weighted by molar-refractivity contribution is 5.83. The van der Waals surface area contributed by atoms with Crippen LogP contribution in [0, 0.1) is 5.41 Å². The van der Waals surface area contributed by atoms with E-state index in [1.165, 1.54) is 35.6 Å². The van der Waals surface area contributed by atoms with Gasteiger partial charge in [0.2, 0.25) is 0 Å². The number of fused-ring (bicyclic) bond motifs is 1. The second kappa shape index (κ2) is 5.19. The molecule has 0 aromatic heterocycles. The van der Waals surface area contributed by atoms with E-state index in [0.717, 1.165) is 6.54 Å². The molecule has 3 rings (SSSR count). The summed E-state index contributed by atoms with van der Waals surface area (Å²) >= 11 is 0. The molecule has 106 valence electrons. The van der Waals surface area contributed by atoms with Crippen molar-refractivity contribution in [2.24, 2.45) is 11.1 Å². The molecule has 2 aromatic carbocycles. The summed E-state index contributed by atoms with van der Waals surface area (Å²) in [6.45, 7) is 0.780. The minimum absolute atomic E-state index is 0.270. The Hall–Kier alpha value is -1.38. The molecule has 0 bridgehead atoms. The average molecular weight is 268 g/mol. The zero-order valence-corrected chi connectivity index (χ0v) is 12.5. The number of nitrogens with zero attached hydrogens (tertiary/aromatic N) is 1. The molecule has 1 saturated carbocycles. The van der Waals surface area contributed by atoms with Crippen molar-refractivity contribution in [2.75, 3.05) is 20.6 Å². The molecule has 2 heteroatoms. The summed E-state index contributed by atoms with van der Waals surface area (Å²) in [5.41, 5.74) is 7.80. The second-order valence-electron chi connectivity index (χ2n) is 6.39. The Bertz CT molecular complexity index is 594. The van der Waals surface area contributed by atoms with Crippen LogP contribution in [0.15, 0.2) is 42.5 Å². The van der Waals surface area contributed by atoms with E-state index in [4.69, 9.17) is 5.73 Å². The first-order valence-electron chi connectivity index (χ1n) is 7.51. The van der Waals surface area contributed by atoms with Gasteiger partial charge in [0, 0.05) is 11.5 Å². The Labute approximate surface area is 121 Å². The van der Waals surface area contributed by atoms with E-state index < -0.39 is 0 Å². The van der Waals surface area contributed by atoms with Crippen LogP contribution < -0.4 is 5.73 Å². The standard InChI is InChI=1S/C18H24N2/c1-20(2)17(18(13-19)10-5-11-18)16-9-8-14-6-3-4-7-15(14)12-16/h3-4,6-9,12,17H,5,10-11,13,19H2,1-2H3. The van der Waals surface area contributed by atoms with Crippen LogP contribution in [-0.4, -0.2) is 25.5 Å². The number of hydrogen-bond acceptors (Lipinski definition) is 2. The molecule has 1 aliphatic carbocycles. The maximum atomic E-state index is 6.13. The number of hydrogen-bond donors (Lipinski definition) is 1. The van der Waals surface area contributed by atoms with Crippen molar-refractivity contribution in [3.63, 3.8) is 0 Å².